The summed E-state index contributed by atoms with van der Waals surface area (Å²) in [6, 6.07) is 5.18. The monoisotopic (exact) mass is 283 g/mol. The quantitative estimate of drug-likeness (QED) is 0.864. The van der Waals surface area contributed by atoms with E-state index in [0.717, 1.165) is 18.4 Å². The molecule has 1 aromatic carbocycles. The van der Waals surface area contributed by atoms with E-state index in [9.17, 15) is 8.42 Å². The number of hydrogen-bond donors (Lipinski definition) is 1. The summed E-state index contributed by atoms with van der Waals surface area (Å²) in [6.07, 6.45) is 3.11. The van der Waals surface area contributed by atoms with Gasteiger partial charge < -0.3 is 10.5 Å². The zero-order valence-corrected chi connectivity index (χ0v) is 12.2. The van der Waals surface area contributed by atoms with Crippen molar-refractivity contribution in [2.24, 2.45) is 0 Å². The summed E-state index contributed by atoms with van der Waals surface area (Å²) in [5, 5.41) is -0.379. The summed E-state index contributed by atoms with van der Waals surface area (Å²) < 4.78 is 30.7. The summed E-state index contributed by atoms with van der Waals surface area (Å²) in [6.45, 7) is 1.83. The lowest BCUT2D eigenvalue weighted by Gasteiger charge is -2.28. The smallest absolute Gasteiger partial charge is 0.183 e. The van der Waals surface area contributed by atoms with E-state index in [1.54, 1.807) is 19.2 Å². The Morgan fingerprint density at radius 2 is 2.05 bits per heavy atom. The van der Waals surface area contributed by atoms with Crippen molar-refractivity contribution in [1.29, 1.82) is 0 Å². The molecule has 0 saturated heterocycles. The van der Waals surface area contributed by atoms with Gasteiger partial charge in [0.25, 0.3) is 0 Å². The molecule has 0 radical (unpaired) electrons. The van der Waals surface area contributed by atoms with Gasteiger partial charge in [0, 0.05) is 7.11 Å². The van der Waals surface area contributed by atoms with Crippen molar-refractivity contribution in [2.75, 3.05) is 12.8 Å². The summed E-state index contributed by atoms with van der Waals surface area (Å²) in [7, 11) is -1.72. The lowest BCUT2D eigenvalue weighted by atomic mass is 9.97. The van der Waals surface area contributed by atoms with Gasteiger partial charge in [-0.3, -0.25) is 0 Å². The van der Waals surface area contributed by atoms with Crippen LogP contribution in [-0.4, -0.2) is 26.9 Å². The van der Waals surface area contributed by atoms with Crippen molar-refractivity contribution >= 4 is 15.5 Å². The van der Waals surface area contributed by atoms with E-state index in [4.69, 9.17) is 10.5 Å². The van der Waals surface area contributed by atoms with Gasteiger partial charge in [-0.1, -0.05) is 12.1 Å². The first-order valence-corrected chi connectivity index (χ1v) is 8.13. The van der Waals surface area contributed by atoms with Gasteiger partial charge in [-0.15, -0.1) is 0 Å². The first-order chi connectivity index (χ1) is 8.96. The Labute approximate surface area is 114 Å². The molecule has 1 aliphatic carbocycles. The Morgan fingerprint density at radius 1 is 1.32 bits per heavy atom. The van der Waals surface area contributed by atoms with E-state index in [2.05, 4.69) is 0 Å². The molecule has 0 bridgehead atoms. The minimum Gasteiger partial charge on any atom is -0.397 e. The molecule has 0 aromatic heterocycles. The van der Waals surface area contributed by atoms with Crippen LogP contribution in [0.25, 0.3) is 0 Å². The van der Waals surface area contributed by atoms with Crippen LogP contribution in [-0.2, 0) is 14.6 Å². The van der Waals surface area contributed by atoms with Crippen LogP contribution < -0.4 is 5.73 Å². The molecule has 0 spiro atoms. The van der Waals surface area contributed by atoms with E-state index in [1.807, 2.05) is 13.0 Å². The molecule has 2 N–H and O–H groups in total. The molecule has 1 fully saturated rings. The molecule has 2 rings (SSSR count). The van der Waals surface area contributed by atoms with E-state index in [0.29, 0.717) is 18.5 Å². The number of rotatable bonds is 3. The third-order valence-electron chi connectivity index (χ3n) is 3.94. The van der Waals surface area contributed by atoms with E-state index >= 15 is 0 Å². The highest BCUT2D eigenvalue weighted by Gasteiger charge is 2.34. The number of hydrogen-bond acceptors (Lipinski definition) is 4. The van der Waals surface area contributed by atoms with Crippen LogP contribution in [0, 0.1) is 6.92 Å². The van der Waals surface area contributed by atoms with Gasteiger partial charge in [0.05, 0.1) is 21.9 Å². The van der Waals surface area contributed by atoms with Gasteiger partial charge in [-0.25, -0.2) is 8.42 Å². The largest absolute Gasteiger partial charge is 0.397 e. The molecule has 0 amide bonds. The number of aryl methyl sites for hydroxylation is 1. The second kappa shape index (κ2) is 5.51. The SMILES string of the molecule is COC1CCCC(S(=O)(=O)c2cccc(C)c2N)C1. The van der Waals surface area contributed by atoms with Crippen LogP contribution in [0.4, 0.5) is 5.69 Å². The normalized spacial score (nSPS) is 24.3. The third kappa shape index (κ3) is 2.77. The molecule has 2 atom stereocenters. The number of anilines is 1. The molecule has 106 valence electrons. The molecule has 4 nitrogen and oxygen atoms in total. The van der Waals surface area contributed by atoms with Gasteiger partial charge in [-0.2, -0.15) is 0 Å². The second-order valence-corrected chi connectivity index (χ2v) is 7.37. The van der Waals surface area contributed by atoms with E-state index in [1.165, 1.54) is 0 Å². The lowest BCUT2D eigenvalue weighted by Crippen LogP contribution is -2.32. The highest BCUT2D eigenvalue weighted by molar-refractivity contribution is 7.92. The molecule has 1 aliphatic rings. The van der Waals surface area contributed by atoms with E-state index < -0.39 is 9.84 Å². The van der Waals surface area contributed by atoms with Crippen molar-refractivity contribution in [3.05, 3.63) is 23.8 Å². The number of ether oxygens (including phenoxy) is 1. The highest BCUT2D eigenvalue weighted by Crippen LogP contribution is 2.33. The average molecular weight is 283 g/mol. The van der Waals surface area contributed by atoms with Crippen LogP contribution in [0.2, 0.25) is 0 Å². The number of sulfone groups is 1. The predicted octanol–water partition coefficient (Wildman–Crippen LogP) is 2.31. The van der Waals surface area contributed by atoms with Crippen LogP contribution in [0.1, 0.15) is 31.2 Å². The molecule has 19 heavy (non-hydrogen) atoms. The fourth-order valence-electron chi connectivity index (χ4n) is 2.68. The van der Waals surface area contributed by atoms with Crippen molar-refractivity contribution in [3.8, 4) is 0 Å². The summed E-state index contributed by atoms with van der Waals surface area (Å²) in [5.41, 5.74) is 7.11. The minimum absolute atomic E-state index is 0.0413. The third-order valence-corrected chi connectivity index (χ3v) is 6.22. The Kier molecular flexibility index (Phi) is 4.16. The Bertz CT molecular complexity index is 554. The molecule has 0 aliphatic heterocycles. The van der Waals surface area contributed by atoms with Crippen LogP contribution >= 0.6 is 0 Å². The molecule has 2 unspecified atom stereocenters. The first kappa shape index (κ1) is 14.3. The molecular weight excluding hydrogens is 262 g/mol. The maximum Gasteiger partial charge on any atom is 0.183 e. The fourth-order valence-corrected chi connectivity index (χ4v) is 4.72. The minimum atomic E-state index is -3.36. The predicted molar refractivity (Wildman–Crippen MR) is 75.8 cm³/mol. The Hall–Kier alpha value is -1.07. The Morgan fingerprint density at radius 3 is 2.74 bits per heavy atom. The van der Waals surface area contributed by atoms with Gasteiger partial charge in [0.2, 0.25) is 0 Å². The number of methoxy groups -OCH3 is 1. The van der Waals surface area contributed by atoms with Crippen molar-refractivity contribution < 1.29 is 13.2 Å². The topological polar surface area (TPSA) is 69.4 Å². The molecule has 1 saturated carbocycles. The van der Waals surface area contributed by atoms with Crippen molar-refractivity contribution in [1.82, 2.24) is 0 Å². The summed E-state index contributed by atoms with van der Waals surface area (Å²) in [4.78, 5) is 0.272. The molecular formula is C14H21NO3S. The van der Waals surface area contributed by atoms with Crippen LogP contribution in [0.3, 0.4) is 0 Å². The zero-order valence-electron chi connectivity index (χ0n) is 11.4. The molecule has 1 aromatic rings. The number of para-hydroxylation sites is 1. The van der Waals surface area contributed by atoms with Gasteiger partial charge in [0.15, 0.2) is 9.84 Å². The van der Waals surface area contributed by atoms with Gasteiger partial charge in [0.1, 0.15) is 0 Å². The first-order valence-electron chi connectivity index (χ1n) is 6.58. The van der Waals surface area contributed by atoms with Crippen LogP contribution in [0.5, 0.6) is 0 Å². The van der Waals surface area contributed by atoms with Crippen molar-refractivity contribution in [3.63, 3.8) is 0 Å². The molecule has 5 heteroatoms. The van der Waals surface area contributed by atoms with Crippen molar-refractivity contribution in [2.45, 2.75) is 48.9 Å². The maximum atomic E-state index is 12.7. The maximum absolute atomic E-state index is 12.7. The van der Waals surface area contributed by atoms with Gasteiger partial charge in [-0.05, 0) is 44.2 Å². The number of benzene rings is 1. The fraction of sp³-hybridized carbons (Fsp3) is 0.571. The summed E-state index contributed by atoms with van der Waals surface area (Å²) in [5.74, 6) is 0. The second-order valence-electron chi connectivity index (χ2n) is 5.18. The molecule has 0 heterocycles. The number of nitrogens with two attached hydrogens (primary N) is 1. The average Bonchev–Trinajstić information content (AvgIpc) is 2.41. The lowest BCUT2D eigenvalue weighted by molar-refractivity contribution is 0.0720. The zero-order chi connectivity index (χ0) is 14.0. The van der Waals surface area contributed by atoms with Crippen LogP contribution in [0.15, 0.2) is 23.1 Å². The van der Waals surface area contributed by atoms with E-state index in [-0.39, 0.29) is 16.2 Å². The highest BCUT2D eigenvalue weighted by atomic mass is 32.2. The Balaban J connectivity index is 2.34. The standard InChI is InChI=1S/C14H21NO3S/c1-10-5-3-8-13(14(10)15)19(16,17)12-7-4-6-11(9-12)18-2/h3,5,8,11-12H,4,6-7,9,15H2,1-2H3. The summed E-state index contributed by atoms with van der Waals surface area (Å²) >= 11 is 0. The number of nitrogen functional groups attached to an aromatic ring is 1. The van der Waals surface area contributed by atoms with Gasteiger partial charge >= 0.3 is 0 Å².